The summed E-state index contributed by atoms with van der Waals surface area (Å²) in [6, 6.07) is 5.69. The molecule has 2 aromatic rings. The van der Waals surface area contributed by atoms with Crippen LogP contribution in [0, 0.1) is 0 Å². The van der Waals surface area contributed by atoms with Crippen LogP contribution in [0.4, 0.5) is 5.95 Å². The van der Waals surface area contributed by atoms with Crippen molar-refractivity contribution in [2.45, 2.75) is 13.5 Å². The molecule has 0 saturated carbocycles. The minimum Gasteiger partial charge on any atom is -0.309 e. The molecule has 0 unspecified atom stereocenters. The van der Waals surface area contributed by atoms with Gasteiger partial charge in [0.15, 0.2) is 0 Å². The zero-order chi connectivity index (χ0) is 10.1. The largest absolute Gasteiger partial charge is 0.309 e. The Morgan fingerprint density at radius 1 is 1.57 bits per heavy atom. The first-order chi connectivity index (χ1) is 6.77. The monoisotopic (exact) mass is 210 g/mol. The van der Waals surface area contributed by atoms with Crippen molar-refractivity contribution in [3.8, 4) is 0 Å². The first kappa shape index (κ1) is 9.30. The molecule has 0 aliphatic rings. The van der Waals surface area contributed by atoms with E-state index < -0.39 is 0 Å². The number of hydrogen-bond donors (Lipinski definition) is 2. The first-order valence-corrected chi connectivity index (χ1v) is 4.77. The Morgan fingerprint density at radius 2 is 2.36 bits per heavy atom. The third kappa shape index (κ3) is 1.23. The molecule has 1 aromatic heterocycles. The summed E-state index contributed by atoms with van der Waals surface area (Å²) in [5.41, 5.74) is 4.33. The molecule has 14 heavy (non-hydrogen) atoms. The molecule has 0 radical (unpaired) electrons. The molecule has 0 atom stereocenters. The van der Waals surface area contributed by atoms with E-state index in [2.05, 4.69) is 10.4 Å². The zero-order valence-electron chi connectivity index (χ0n) is 7.79. The van der Waals surface area contributed by atoms with Crippen molar-refractivity contribution < 1.29 is 0 Å². The number of fused-ring (bicyclic) bond motifs is 1. The number of nitrogens with two attached hydrogens (primary N) is 1. The van der Waals surface area contributed by atoms with Crippen LogP contribution in [0.3, 0.4) is 0 Å². The minimum absolute atomic E-state index is 0.635. The van der Waals surface area contributed by atoms with Crippen molar-refractivity contribution in [3.63, 3.8) is 0 Å². The van der Waals surface area contributed by atoms with Gasteiger partial charge in [-0.15, -0.1) is 0 Å². The Balaban J connectivity index is 2.79. The van der Waals surface area contributed by atoms with Crippen molar-refractivity contribution >= 4 is 28.6 Å². The van der Waals surface area contributed by atoms with Crippen LogP contribution in [-0.2, 0) is 6.54 Å². The molecule has 4 nitrogen and oxygen atoms in total. The lowest BCUT2D eigenvalue weighted by Gasteiger charge is -2.03. The van der Waals surface area contributed by atoms with E-state index in [1.807, 2.05) is 29.7 Å². The molecule has 0 aliphatic heterocycles. The lowest BCUT2D eigenvalue weighted by Crippen LogP contribution is -2.12. The molecule has 3 N–H and O–H groups in total. The van der Waals surface area contributed by atoms with E-state index in [4.69, 9.17) is 17.4 Å². The van der Waals surface area contributed by atoms with Gasteiger partial charge in [0, 0.05) is 6.54 Å². The van der Waals surface area contributed by atoms with E-state index in [1.165, 1.54) is 0 Å². The van der Waals surface area contributed by atoms with Crippen LogP contribution in [0.15, 0.2) is 18.2 Å². The predicted octanol–water partition coefficient (Wildman–Crippen LogP) is 2.00. The number of imidazole rings is 1. The lowest BCUT2D eigenvalue weighted by atomic mass is 10.3. The van der Waals surface area contributed by atoms with Crippen molar-refractivity contribution in [2.24, 2.45) is 5.84 Å². The van der Waals surface area contributed by atoms with Crippen LogP contribution in [0.1, 0.15) is 6.92 Å². The average Bonchev–Trinajstić information content (AvgIpc) is 2.57. The topological polar surface area (TPSA) is 55.9 Å². The minimum atomic E-state index is 0.635. The molecular weight excluding hydrogens is 200 g/mol. The molecule has 0 saturated heterocycles. The van der Waals surface area contributed by atoms with Crippen LogP contribution in [0.5, 0.6) is 0 Å². The van der Waals surface area contributed by atoms with Gasteiger partial charge in [0.1, 0.15) is 5.52 Å². The van der Waals surface area contributed by atoms with Gasteiger partial charge in [-0.1, -0.05) is 17.7 Å². The Hall–Kier alpha value is -1.26. The van der Waals surface area contributed by atoms with Crippen LogP contribution in [0.2, 0.25) is 5.02 Å². The number of nitrogens with one attached hydrogen (secondary N) is 1. The maximum atomic E-state index is 6.01. The summed E-state index contributed by atoms with van der Waals surface area (Å²) >= 11 is 6.01. The van der Waals surface area contributed by atoms with Crippen LogP contribution >= 0.6 is 11.6 Å². The highest BCUT2D eigenvalue weighted by Gasteiger charge is 2.09. The molecular formula is C9H11ClN4. The number of aryl methyl sites for hydroxylation is 1. The molecule has 1 heterocycles. The number of aromatic nitrogens is 2. The highest BCUT2D eigenvalue weighted by atomic mass is 35.5. The van der Waals surface area contributed by atoms with Gasteiger partial charge in [-0.3, -0.25) is 5.43 Å². The quantitative estimate of drug-likeness (QED) is 0.589. The third-order valence-corrected chi connectivity index (χ3v) is 2.48. The van der Waals surface area contributed by atoms with Crippen LogP contribution < -0.4 is 11.3 Å². The second-order valence-corrected chi connectivity index (χ2v) is 3.34. The van der Waals surface area contributed by atoms with Gasteiger partial charge in [-0.05, 0) is 19.1 Å². The highest BCUT2D eigenvalue weighted by molar-refractivity contribution is 6.35. The van der Waals surface area contributed by atoms with E-state index >= 15 is 0 Å². The van der Waals surface area contributed by atoms with Crippen molar-refractivity contribution in [3.05, 3.63) is 23.2 Å². The number of benzene rings is 1. The summed E-state index contributed by atoms with van der Waals surface area (Å²) < 4.78 is 1.97. The summed E-state index contributed by atoms with van der Waals surface area (Å²) in [6.45, 7) is 2.83. The van der Waals surface area contributed by atoms with E-state index in [1.54, 1.807) is 0 Å². The summed E-state index contributed by atoms with van der Waals surface area (Å²) in [5, 5.41) is 0.645. The van der Waals surface area contributed by atoms with E-state index in [-0.39, 0.29) is 0 Å². The molecule has 5 heteroatoms. The molecule has 0 amide bonds. The van der Waals surface area contributed by atoms with Crippen LogP contribution in [0.25, 0.3) is 11.0 Å². The van der Waals surface area contributed by atoms with E-state index in [0.717, 1.165) is 17.6 Å². The van der Waals surface area contributed by atoms with Crippen molar-refractivity contribution in [1.29, 1.82) is 0 Å². The maximum Gasteiger partial charge on any atom is 0.218 e. The Kier molecular flexibility index (Phi) is 2.31. The number of rotatable bonds is 2. The van der Waals surface area contributed by atoms with Crippen molar-refractivity contribution in [1.82, 2.24) is 9.55 Å². The summed E-state index contributed by atoms with van der Waals surface area (Å²) in [7, 11) is 0. The SMILES string of the molecule is CCn1c(NN)nc2c(Cl)cccc21. The fourth-order valence-electron chi connectivity index (χ4n) is 1.54. The molecule has 0 bridgehead atoms. The number of nitrogen functional groups attached to an aromatic ring is 1. The van der Waals surface area contributed by atoms with Gasteiger partial charge < -0.3 is 4.57 Å². The maximum absolute atomic E-state index is 6.01. The smallest absolute Gasteiger partial charge is 0.218 e. The Morgan fingerprint density at radius 3 is 3.00 bits per heavy atom. The number of halogens is 1. The Labute approximate surface area is 86.6 Å². The molecule has 0 spiro atoms. The molecule has 74 valence electrons. The number of para-hydroxylation sites is 1. The zero-order valence-corrected chi connectivity index (χ0v) is 8.54. The number of anilines is 1. The van der Waals surface area contributed by atoms with Gasteiger partial charge in [0.25, 0.3) is 0 Å². The Bertz CT molecular complexity index is 463. The molecule has 0 aliphatic carbocycles. The fraction of sp³-hybridized carbons (Fsp3) is 0.222. The summed E-state index contributed by atoms with van der Waals surface area (Å²) in [4.78, 5) is 4.30. The molecule has 2 rings (SSSR count). The third-order valence-electron chi connectivity index (χ3n) is 2.17. The molecule has 1 aromatic carbocycles. The second kappa shape index (κ2) is 3.48. The normalized spacial score (nSPS) is 10.8. The first-order valence-electron chi connectivity index (χ1n) is 4.39. The van der Waals surface area contributed by atoms with Gasteiger partial charge >= 0.3 is 0 Å². The van der Waals surface area contributed by atoms with Gasteiger partial charge in [-0.2, -0.15) is 0 Å². The van der Waals surface area contributed by atoms with E-state index in [0.29, 0.717) is 11.0 Å². The van der Waals surface area contributed by atoms with E-state index in [9.17, 15) is 0 Å². The standard InChI is InChI=1S/C9H11ClN4/c1-2-14-7-5-3-4-6(10)8(7)12-9(14)13-11/h3-5H,2,11H2,1H3,(H,12,13). The fourth-order valence-corrected chi connectivity index (χ4v) is 1.75. The highest BCUT2D eigenvalue weighted by Crippen LogP contribution is 2.25. The summed E-state index contributed by atoms with van der Waals surface area (Å²) in [5.74, 6) is 6.00. The second-order valence-electron chi connectivity index (χ2n) is 2.93. The number of hydrazine groups is 1. The summed E-state index contributed by atoms with van der Waals surface area (Å²) in [6.07, 6.45) is 0. The average molecular weight is 211 g/mol. The molecule has 0 fully saturated rings. The number of nitrogens with zero attached hydrogens (tertiary/aromatic N) is 2. The predicted molar refractivity (Wildman–Crippen MR) is 58.2 cm³/mol. The van der Waals surface area contributed by atoms with Crippen molar-refractivity contribution in [2.75, 3.05) is 5.43 Å². The lowest BCUT2D eigenvalue weighted by molar-refractivity contribution is 0.791. The van der Waals surface area contributed by atoms with Gasteiger partial charge in [0.2, 0.25) is 5.95 Å². The van der Waals surface area contributed by atoms with Crippen LogP contribution in [-0.4, -0.2) is 9.55 Å². The van der Waals surface area contributed by atoms with Gasteiger partial charge in [0.05, 0.1) is 10.5 Å². The number of hydrogen-bond acceptors (Lipinski definition) is 3. The van der Waals surface area contributed by atoms with Gasteiger partial charge in [-0.25, -0.2) is 10.8 Å².